The first-order chi connectivity index (χ1) is 38.7. The summed E-state index contributed by atoms with van der Waals surface area (Å²) in [6.07, 6.45) is 0. The van der Waals surface area contributed by atoms with Crippen molar-refractivity contribution >= 4 is 131 Å². The maximum Gasteiger partial charge on any atom is 0.159 e. The van der Waals surface area contributed by atoms with Crippen LogP contribution in [0.3, 0.4) is 0 Å². The van der Waals surface area contributed by atoms with Gasteiger partial charge in [0.25, 0.3) is 0 Å². The van der Waals surface area contributed by atoms with Gasteiger partial charge in [-0.3, -0.25) is 0 Å². The van der Waals surface area contributed by atoms with Gasteiger partial charge in [0.05, 0.1) is 22.4 Å². The lowest BCUT2D eigenvalue weighted by molar-refractivity contribution is 0.668. The Morgan fingerprint density at radius 3 is 1.77 bits per heavy atom. The molecular weight excluding hydrogens is 971 g/mol. The van der Waals surface area contributed by atoms with Gasteiger partial charge in [-0.25, -0.2) is 0 Å². The molecule has 0 saturated carbocycles. The van der Waals surface area contributed by atoms with E-state index in [0.29, 0.717) is 0 Å². The van der Waals surface area contributed by atoms with Crippen LogP contribution in [0.5, 0.6) is 0 Å². The van der Waals surface area contributed by atoms with Crippen molar-refractivity contribution in [3.05, 3.63) is 273 Å². The summed E-state index contributed by atoms with van der Waals surface area (Å²) >= 11 is 1.84. The molecule has 12 aromatic carbocycles. The average Bonchev–Trinajstić information content (AvgIpc) is 4.33. The van der Waals surface area contributed by atoms with E-state index in [9.17, 15) is 0 Å². The van der Waals surface area contributed by atoms with Crippen LogP contribution in [-0.2, 0) is 0 Å². The third-order valence-corrected chi connectivity index (χ3v) is 16.7. The molecule has 0 aliphatic carbocycles. The normalized spacial score (nSPS) is 11.8. The predicted molar refractivity (Wildman–Crippen MR) is 328 cm³/mol. The van der Waals surface area contributed by atoms with Crippen LogP contribution in [0.1, 0.15) is 0 Å². The van der Waals surface area contributed by atoms with Crippen molar-refractivity contribution in [2.24, 2.45) is 0 Å². The quantitative estimate of drug-likeness (QED) is 0.144. The number of aromatic nitrogens is 1. The van der Waals surface area contributed by atoms with Crippen LogP contribution in [0.25, 0.3) is 114 Å². The van der Waals surface area contributed by atoms with E-state index in [1.165, 1.54) is 42.0 Å². The minimum absolute atomic E-state index is 0.838. The van der Waals surface area contributed by atoms with Crippen LogP contribution in [0, 0.1) is 0 Å². The van der Waals surface area contributed by atoms with E-state index in [-0.39, 0.29) is 0 Å². The molecule has 366 valence electrons. The number of thiophene rings is 1. The number of furan rings is 2. The van der Waals surface area contributed by atoms with Gasteiger partial charge in [0.1, 0.15) is 16.7 Å². The van der Waals surface area contributed by atoms with Crippen molar-refractivity contribution < 1.29 is 8.83 Å². The second-order valence-corrected chi connectivity index (χ2v) is 21.1. The monoisotopic (exact) mass is 1020 g/mol. The molecule has 78 heavy (non-hydrogen) atoms. The van der Waals surface area contributed by atoms with Gasteiger partial charge in [0.15, 0.2) is 5.58 Å². The molecule has 16 aromatic rings. The Labute approximate surface area is 452 Å². The molecule has 0 unspecified atom stereocenters. The topological polar surface area (TPSA) is 37.7 Å². The summed E-state index contributed by atoms with van der Waals surface area (Å²) in [4.78, 5) is 4.75. The van der Waals surface area contributed by atoms with Gasteiger partial charge in [0, 0.05) is 86.5 Å². The number of rotatable bonds is 9. The Morgan fingerprint density at radius 2 is 0.885 bits per heavy atom. The second-order valence-electron chi connectivity index (χ2n) is 20.0. The third-order valence-electron chi connectivity index (χ3n) is 15.6. The molecule has 4 heterocycles. The minimum Gasteiger partial charge on any atom is -0.456 e. The number of hydrogen-bond donors (Lipinski definition) is 0. The van der Waals surface area contributed by atoms with E-state index in [4.69, 9.17) is 8.83 Å². The largest absolute Gasteiger partial charge is 0.456 e. The molecule has 0 spiro atoms. The van der Waals surface area contributed by atoms with Crippen LogP contribution in [-0.4, -0.2) is 4.57 Å². The maximum absolute atomic E-state index is 6.79. The number of fused-ring (bicyclic) bond motifs is 12. The van der Waals surface area contributed by atoms with E-state index in [0.717, 1.165) is 106 Å². The molecule has 0 N–H and O–H groups in total. The summed E-state index contributed by atoms with van der Waals surface area (Å²) in [5.74, 6) is 0. The van der Waals surface area contributed by atoms with Gasteiger partial charge in [-0.05, 0) is 126 Å². The fourth-order valence-corrected chi connectivity index (χ4v) is 13.2. The highest BCUT2D eigenvalue weighted by Gasteiger charge is 2.25. The van der Waals surface area contributed by atoms with Crippen LogP contribution in [0.2, 0.25) is 0 Å². The van der Waals surface area contributed by atoms with Gasteiger partial charge < -0.3 is 23.2 Å². The van der Waals surface area contributed by atoms with E-state index in [1.54, 1.807) is 0 Å². The van der Waals surface area contributed by atoms with Gasteiger partial charge >= 0.3 is 0 Å². The SMILES string of the molecule is c1ccc(N(c2cccc(N(c3ccc4c(c3)sc3ccccc34)c3ccccc3-c3cccc4oc5ccc(-c6ccc7c8ccccc8n(-c8ccccc8)c7c6)cc5c34)c2)c2cccc3c2oc2ccccc23)cc1. The van der Waals surface area contributed by atoms with Gasteiger partial charge in [0.2, 0.25) is 0 Å². The van der Waals surface area contributed by atoms with Crippen LogP contribution >= 0.6 is 11.3 Å². The molecule has 0 aliphatic rings. The Balaban J connectivity index is 0.887. The molecule has 0 saturated heterocycles. The highest BCUT2D eigenvalue weighted by molar-refractivity contribution is 7.25. The summed E-state index contributed by atoms with van der Waals surface area (Å²) < 4.78 is 18.4. The number of benzene rings is 12. The first-order valence-corrected chi connectivity index (χ1v) is 27.2. The summed E-state index contributed by atoms with van der Waals surface area (Å²) in [6, 6.07) is 98.1. The third kappa shape index (κ3) is 7.01. The zero-order chi connectivity index (χ0) is 51.3. The Bertz CT molecular complexity index is 5010. The molecule has 5 nitrogen and oxygen atoms in total. The van der Waals surface area contributed by atoms with Crippen molar-refractivity contribution in [3.63, 3.8) is 0 Å². The lowest BCUT2D eigenvalue weighted by atomic mass is 9.95. The predicted octanol–water partition coefficient (Wildman–Crippen LogP) is 21.2. The summed E-state index contributed by atoms with van der Waals surface area (Å²) in [5.41, 5.74) is 17.4. The van der Waals surface area contributed by atoms with Gasteiger partial charge in [-0.1, -0.05) is 164 Å². The standard InChI is InChI=1S/C72H45N3O2S/c1-3-18-48(19-4-1)73(64-32-16-29-60-56-26-9-13-33-66(56)77-72(60)64)50-22-15-23-51(44-50)74(52-38-40-58-57-27-10-14-35-69(57)78-70(58)45-52)62-30-11-8-25-54(62)59-28-17-34-68-71(59)61-42-46(37-41-67(61)76-68)47-36-39-55-53-24-7-12-31-63(53)75(65(55)43-47)49-20-5-2-6-21-49/h1-45H. The Morgan fingerprint density at radius 1 is 0.308 bits per heavy atom. The van der Waals surface area contributed by atoms with Crippen molar-refractivity contribution in [1.82, 2.24) is 4.57 Å². The molecule has 0 atom stereocenters. The zero-order valence-corrected chi connectivity index (χ0v) is 42.9. The lowest BCUT2D eigenvalue weighted by Gasteiger charge is -2.30. The lowest BCUT2D eigenvalue weighted by Crippen LogP contribution is -2.14. The number of anilines is 6. The van der Waals surface area contributed by atoms with Crippen LogP contribution < -0.4 is 9.80 Å². The molecule has 0 amide bonds. The smallest absolute Gasteiger partial charge is 0.159 e. The van der Waals surface area contributed by atoms with Crippen molar-refractivity contribution in [2.75, 3.05) is 9.80 Å². The van der Waals surface area contributed by atoms with E-state index in [1.807, 2.05) is 23.5 Å². The second kappa shape index (κ2) is 17.7. The van der Waals surface area contributed by atoms with Gasteiger partial charge in [-0.15, -0.1) is 11.3 Å². The van der Waals surface area contributed by atoms with E-state index in [2.05, 4.69) is 275 Å². The van der Waals surface area contributed by atoms with Crippen LogP contribution in [0.15, 0.2) is 282 Å². The fraction of sp³-hybridized carbons (Fsp3) is 0. The molecule has 4 aromatic heterocycles. The highest BCUT2D eigenvalue weighted by atomic mass is 32.1. The zero-order valence-electron chi connectivity index (χ0n) is 42.0. The van der Waals surface area contributed by atoms with Crippen molar-refractivity contribution in [1.29, 1.82) is 0 Å². The molecule has 0 aliphatic heterocycles. The molecule has 0 fully saturated rings. The first kappa shape index (κ1) is 44.2. The number of hydrogen-bond acceptors (Lipinski definition) is 5. The fourth-order valence-electron chi connectivity index (χ4n) is 12.1. The summed E-state index contributed by atoms with van der Waals surface area (Å²) in [5, 5.41) is 9.30. The van der Waals surface area contributed by atoms with E-state index < -0.39 is 0 Å². The Kier molecular flexibility index (Phi) is 10.0. The van der Waals surface area contributed by atoms with E-state index >= 15 is 0 Å². The molecular formula is C72H45N3O2S. The van der Waals surface area contributed by atoms with Crippen molar-refractivity contribution in [3.8, 4) is 27.9 Å². The minimum atomic E-state index is 0.838. The number of para-hydroxylation sites is 6. The van der Waals surface area contributed by atoms with Crippen molar-refractivity contribution in [2.45, 2.75) is 0 Å². The molecule has 16 rings (SSSR count). The highest BCUT2D eigenvalue weighted by Crippen LogP contribution is 2.49. The maximum atomic E-state index is 6.79. The summed E-state index contributed by atoms with van der Waals surface area (Å²) in [7, 11) is 0. The van der Waals surface area contributed by atoms with Crippen LogP contribution in [0.4, 0.5) is 34.1 Å². The summed E-state index contributed by atoms with van der Waals surface area (Å²) in [6.45, 7) is 0. The Hall–Kier alpha value is -10.1. The van der Waals surface area contributed by atoms with Gasteiger partial charge in [-0.2, -0.15) is 0 Å². The molecule has 0 radical (unpaired) electrons. The average molecular weight is 1020 g/mol. The molecule has 0 bridgehead atoms. The first-order valence-electron chi connectivity index (χ1n) is 26.4. The number of nitrogens with zero attached hydrogens (tertiary/aromatic N) is 3. The molecule has 6 heteroatoms.